The number of ether oxygens (including phenoxy) is 10. The third-order valence-electron chi connectivity index (χ3n) is 17.5. The number of pyridine rings is 1. The minimum Gasteiger partial charge on any atom is -0.477 e. The van der Waals surface area contributed by atoms with Crippen molar-refractivity contribution >= 4 is 34.7 Å². The van der Waals surface area contributed by atoms with Gasteiger partial charge in [-0.1, -0.05) is 20.8 Å². The molecule has 18 atom stereocenters. The summed E-state index contributed by atoms with van der Waals surface area (Å²) in [4.78, 5) is 56.3. The Hall–Kier alpha value is -4.11. The van der Waals surface area contributed by atoms with Crippen LogP contribution in [0.15, 0.2) is 23.1 Å². The van der Waals surface area contributed by atoms with Crippen LogP contribution in [0.25, 0.3) is 10.9 Å². The molecule has 4 aliphatic heterocycles. The second-order valence-electron chi connectivity index (χ2n) is 24.4. The Bertz CT molecular complexity index is 2540. The van der Waals surface area contributed by atoms with E-state index in [-0.39, 0.29) is 79.4 Å². The van der Waals surface area contributed by atoms with Crippen LogP contribution in [-0.4, -0.2) is 212 Å². The molecule has 1 aromatic heterocycles. The fourth-order valence-corrected chi connectivity index (χ4v) is 12.8. The Labute approximate surface area is 475 Å². The Morgan fingerprint density at radius 2 is 1.63 bits per heavy atom. The molecule has 0 amide bonds. The van der Waals surface area contributed by atoms with Gasteiger partial charge in [0.2, 0.25) is 5.43 Å². The van der Waals surface area contributed by atoms with Crippen molar-refractivity contribution < 1.29 is 81.5 Å². The highest BCUT2D eigenvalue weighted by Gasteiger charge is 2.58. The molecule has 0 bridgehead atoms. The summed E-state index contributed by atoms with van der Waals surface area (Å²) in [6, 6.07) is 2.00. The number of carboxylic acid groups (broad SMARTS) is 1. The average molecular weight is 1150 g/mol. The molecule has 1 saturated carbocycles. The molecule has 1 aliphatic carbocycles. The molecule has 7 rings (SSSR count). The highest BCUT2D eigenvalue weighted by molar-refractivity contribution is 5.93. The molecule has 23 heteroatoms. The summed E-state index contributed by atoms with van der Waals surface area (Å²) < 4.78 is 80.3. The lowest BCUT2D eigenvalue weighted by Gasteiger charge is -2.49. The van der Waals surface area contributed by atoms with Crippen LogP contribution >= 0.6 is 0 Å². The number of methoxy groups -OCH3 is 1. The molecule has 2 aromatic rings. The van der Waals surface area contributed by atoms with Crippen molar-refractivity contribution in [1.82, 2.24) is 19.7 Å². The zero-order chi connectivity index (χ0) is 59.5. The molecule has 4 saturated heterocycles. The maximum atomic E-state index is 15.2. The summed E-state index contributed by atoms with van der Waals surface area (Å²) in [7, 11) is 7.28. The maximum absolute atomic E-state index is 15.2. The van der Waals surface area contributed by atoms with Crippen LogP contribution in [0.1, 0.15) is 124 Å². The van der Waals surface area contributed by atoms with Gasteiger partial charge in [-0.2, -0.15) is 0 Å². The van der Waals surface area contributed by atoms with Gasteiger partial charge in [-0.3, -0.25) is 14.5 Å². The predicted molar refractivity (Wildman–Crippen MR) is 297 cm³/mol. The highest BCUT2D eigenvalue weighted by atomic mass is 19.1. The second-order valence-corrected chi connectivity index (χ2v) is 24.4. The van der Waals surface area contributed by atoms with Crippen molar-refractivity contribution in [2.24, 2.45) is 17.8 Å². The van der Waals surface area contributed by atoms with E-state index in [1.807, 2.05) is 79.4 Å². The van der Waals surface area contributed by atoms with E-state index in [2.05, 4.69) is 10.6 Å². The molecule has 22 nitrogen and oxygen atoms in total. The number of fused-ring (bicyclic) bond motifs is 2. The van der Waals surface area contributed by atoms with E-state index in [0.717, 1.165) is 18.9 Å². The Morgan fingerprint density at radius 1 is 0.938 bits per heavy atom. The first-order valence-electron chi connectivity index (χ1n) is 28.9. The van der Waals surface area contributed by atoms with Crippen molar-refractivity contribution in [1.29, 1.82) is 0 Å². The number of benzene rings is 1. The SMILES string of the molecule is CC[C@@H]1OC(=O)[C@H](C)[C@@H](O[C@H]2C[C@@](C)(OC)[C@@H](OCCNCCOCCNc3cc4c(cc3F)c(=O)c(C(=O)O)cn4C3CC3)[C@H](C)O2)[C@@H](C)[C@H](O[C@@H]2O[C@H](C)C[C@H](N(C)C)[C@H]2O)[C@](C)(O)C[C@H](C)CN(C)[C@H](C)[C@@H]2OC(=O)O[C@]12C. The third-order valence-corrected chi connectivity index (χ3v) is 17.5. The summed E-state index contributed by atoms with van der Waals surface area (Å²) in [6.07, 6.45) is -5.05. The van der Waals surface area contributed by atoms with E-state index in [9.17, 15) is 34.5 Å². The van der Waals surface area contributed by atoms with Crippen LogP contribution in [0.4, 0.5) is 14.9 Å². The van der Waals surface area contributed by atoms with Gasteiger partial charge in [0.1, 0.15) is 29.7 Å². The van der Waals surface area contributed by atoms with Crippen LogP contribution in [0, 0.1) is 23.6 Å². The quantitative estimate of drug-likeness (QED) is 0.0831. The number of hydrogen-bond acceptors (Lipinski definition) is 20. The number of cyclic esters (lactones) is 1. The first kappa shape index (κ1) is 64.5. The molecule has 5 heterocycles. The number of carbonyl (C=O) groups is 3. The number of esters is 1. The van der Waals surface area contributed by atoms with Crippen LogP contribution in [0.2, 0.25) is 0 Å². The molecule has 0 unspecified atom stereocenters. The van der Waals surface area contributed by atoms with Crippen LogP contribution < -0.4 is 16.1 Å². The van der Waals surface area contributed by atoms with Crippen molar-refractivity contribution in [2.75, 3.05) is 79.6 Å². The predicted octanol–water partition coefficient (Wildman–Crippen LogP) is 5.31. The van der Waals surface area contributed by atoms with Gasteiger partial charge in [0, 0.05) is 75.3 Å². The van der Waals surface area contributed by atoms with Gasteiger partial charge in [-0.05, 0) is 120 Å². The number of halogens is 1. The largest absolute Gasteiger partial charge is 0.509 e. The monoisotopic (exact) mass is 1150 g/mol. The molecular formula is C58H92FN5O17. The molecule has 458 valence electrons. The third kappa shape index (κ3) is 14.7. The maximum Gasteiger partial charge on any atom is 0.509 e. The van der Waals surface area contributed by atoms with Crippen LogP contribution in [0.3, 0.4) is 0 Å². The van der Waals surface area contributed by atoms with Gasteiger partial charge in [-0.25, -0.2) is 14.0 Å². The van der Waals surface area contributed by atoms with Crippen molar-refractivity contribution in [3.8, 4) is 0 Å². The van der Waals surface area contributed by atoms with E-state index in [1.165, 1.54) is 6.20 Å². The number of anilines is 1. The summed E-state index contributed by atoms with van der Waals surface area (Å²) in [5.74, 6) is -4.63. The first-order valence-corrected chi connectivity index (χ1v) is 28.9. The van der Waals surface area contributed by atoms with Gasteiger partial charge in [-0.15, -0.1) is 0 Å². The van der Waals surface area contributed by atoms with E-state index < -0.39 is 113 Å². The van der Waals surface area contributed by atoms with E-state index in [1.54, 1.807) is 38.5 Å². The minimum absolute atomic E-state index is 0.0254. The second kappa shape index (κ2) is 26.9. The van der Waals surface area contributed by atoms with Gasteiger partial charge in [0.05, 0.1) is 72.6 Å². The fraction of sp³-hybridized carbons (Fsp3) is 0.793. The number of carbonyl (C=O) groups excluding carboxylic acids is 2. The molecule has 0 radical (unpaired) electrons. The number of carboxylic acids is 1. The minimum atomic E-state index is -1.60. The molecule has 5 N–H and O–H groups in total. The fourth-order valence-electron chi connectivity index (χ4n) is 12.8. The number of hydrogen-bond donors (Lipinski definition) is 5. The van der Waals surface area contributed by atoms with E-state index in [0.29, 0.717) is 44.6 Å². The Kier molecular flexibility index (Phi) is 21.4. The normalized spacial score (nSPS) is 37.5. The standard InChI is InChI=1S/C58H92FN5O17/c1-15-44-58(10)50(80-55(70)81-58)35(6)63(13)29-31(2)27-56(8,71)49(79-54-47(66)43(62(11)12)24-32(3)75-54)33(4)48(34(5)53(69)77-44)78-45-28-57(9,72-14)51(36(7)76-45)74-23-19-60-18-21-73-22-20-61-41-26-42-38(25-40(41)59)46(65)39(52(67)68)30-64(42)37-16-17-37/h25-26,30-37,43-45,47-51,54,60-61,66,71H,15-24,27-29H2,1-14H3,(H,67,68)/t31-,32+,33+,34+,35+,36-,43-,44-,45-,47+,48-,49-,50-,51-,54-,56+,57+,58+/m0/s1. The number of nitrogens with zero attached hydrogens (tertiary/aromatic N) is 3. The van der Waals surface area contributed by atoms with E-state index >= 15 is 4.39 Å². The van der Waals surface area contributed by atoms with Gasteiger partial charge < -0.3 is 82.8 Å². The number of rotatable bonds is 20. The van der Waals surface area contributed by atoms with Crippen LogP contribution in [0.5, 0.6) is 0 Å². The molecule has 81 heavy (non-hydrogen) atoms. The summed E-state index contributed by atoms with van der Waals surface area (Å²) >= 11 is 0. The Morgan fingerprint density at radius 3 is 2.28 bits per heavy atom. The lowest BCUT2D eigenvalue weighted by Crippen LogP contribution is -2.61. The van der Waals surface area contributed by atoms with Gasteiger partial charge in [0.15, 0.2) is 24.3 Å². The number of aliphatic hydroxyl groups excluding tert-OH is 1. The number of likely N-dealkylation sites (N-methyl/N-ethyl adjacent to an activating group) is 2. The van der Waals surface area contributed by atoms with Gasteiger partial charge in [0.25, 0.3) is 0 Å². The van der Waals surface area contributed by atoms with Crippen molar-refractivity contribution in [3.63, 3.8) is 0 Å². The number of aromatic nitrogens is 1. The lowest BCUT2D eigenvalue weighted by atomic mass is 9.77. The van der Waals surface area contributed by atoms with Crippen LogP contribution in [-0.2, 0) is 52.2 Å². The molecular weight excluding hydrogens is 1060 g/mol. The number of aliphatic hydroxyl groups is 2. The highest BCUT2D eigenvalue weighted by Crippen LogP contribution is 2.43. The smallest absolute Gasteiger partial charge is 0.477 e. The lowest BCUT2D eigenvalue weighted by molar-refractivity contribution is -0.320. The Balaban J connectivity index is 1.01. The first-order chi connectivity index (χ1) is 38.1. The molecule has 0 spiro atoms. The van der Waals surface area contributed by atoms with Crippen molar-refractivity contribution in [3.05, 3.63) is 39.9 Å². The topological polar surface area (TPSA) is 257 Å². The number of nitrogens with one attached hydrogen (secondary N) is 2. The molecule has 1 aromatic carbocycles. The zero-order valence-electron chi connectivity index (χ0n) is 49.9. The zero-order valence-corrected chi connectivity index (χ0v) is 49.9. The number of aromatic carboxylic acids is 1. The molecule has 5 aliphatic rings. The van der Waals surface area contributed by atoms with Gasteiger partial charge >= 0.3 is 18.1 Å². The summed E-state index contributed by atoms with van der Waals surface area (Å²) in [5.41, 5.74) is -4.34. The average Bonchev–Trinajstić information content (AvgIpc) is 4.41. The summed E-state index contributed by atoms with van der Waals surface area (Å²) in [5, 5.41) is 40.6. The summed E-state index contributed by atoms with van der Waals surface area (Å²) in [6.45, 7) is 21.1. The molecule has 5 fully saturated rings. The van der Waals surface area contributed by atoms with Crippen molar-refractivity contribution in [2.45, 2.75) is 204 Å². The van der Waals surface area contributed by atoms with E-state index in [4.69, 9.17) is 47.4 Å².